The minimum atomic E-state index is -3.65. The maximum Gasteiger partial charge on any atom is 0.266 e. The highest BCUT2D eigenvalue weighted by molar-refractivity contribution is 7.89. The first-order chi connectivity index (χ1) is 8.14. The number of hydrogen-bond acceptors (Lipinski definition) is 5. The second-order valence-electron chi connectivity index (χ2n) is 3.56. The molecule has 0 unspecified atom stereocenters. The maximum absolute atomic E-state index is 12.1. The lowest BCUT2D eigenvalue weighted by Crippen LogP contribution is -2.35. The summed E-state index contributed by atoms with van der Waals surface area (Å²) in [5.41, 5.74) is 0.184. The summed E-state index contributed by atoms with van der Waals surface area (Å²) >= 11 is 0. The maximum atomic E-state index is 12.1. The summed E-state index contributed by atoms with van der Waals surface area (Å²) in [5, 5.41) is 8.58. The Balaban J connectivity index is 2.27. The summed E-state index contributed by atoms with van der Waals surface area (Å²) in [6, 6.07) is 4.57. The largest absolute Gasteiger partial charge is 0.284 e. The summed E-state index contributed by atoms with van der Waals surface area (Å²) in [4.78, 5) is 8.88. The van der Waals surface area contributed by atoms with Crippen LogP contribution in [0.1, 0.15) is 18.5 Å². The van der Waals surface area contributed by atoms with Gasteiger partial charge in [0.15, 0.2) is 0 Å². The monoisotopic (exact) mass is 253 g/mol. The summed E-state index contributed by atoms with van der Waals surface area (Å²) in [7, 11) is -3.65. The van der Waals surface area contributed by atoms with E-state index in [2.05, 4.69) is 4.98 Å². The van der Waals surface area contributed by atoms with E-state index in [4.69, 9.17) is 10.1 Å². The number of hydrogen-bond donors (Lipinski definition) is 0. The molecule has 0 atom stereocenters. The Kier molecular flexibility index (Phi) is 3.38. The predicted molar refractivity (Wildman–Crippen MR) is 58.0 cm³/mol. The number of sulfonamides is 1. The van der Waals surface area contributed by atoms with Crippen molar-refractivity contribution < 1.29 is 13.3 Å². The number of aromatic nitrogens is 1. The fourth-order valence-electron chi connectivity index (χ4n) is 1.48. The van der Waals surface area contributed by atoms with Crippen molar-refractivity contribution in [1.82, 2.24) is 9.45 Å². The standard InChI is InChI=1S/C10H11N3O3S/c11-7-9-3-4-10(8-12-9)17(14,15)13-5-1-2-6-16-13/h3-4,8H,1-2,5-6H2. The molecule has 0 spiro atoms. The van der Waals surface area contributed by atoms with Gasteiger partial charge in [-0.3, -0.25) is 4.84 Å². The predicted octanol–water partition coefficient (Wildman–Crippen LogP) is 0.669. The fraction of sp³-hybridized carbons (Fsp3) is 0.400. The summed E-state index contributed by atoms with van der Waals surface area (Å²) < 4.78 is 25.1. The number of hydroxylamine groups is 1. The molecule has 1 aliphatic heterocycles. The molecule has 1 aromatic rings. The van der Waals surface area contributed by atoms with E-state index in [1.165, 1.54) is 18.3 Å². The molecule has 0 N–H and O–H groups in total. The van der Waals surface area contributed by atoms with Crippen molar-refractivity contribution in [2.75, 3.05) is 13.2 Å². The Hall–Kier alpha value is -1.49. The van der Waals surface area contributed by atoms with Gasteiger partial charge in [0, 0.05) is 12.7 Å². The molecular formula is C10H11N3O3S. The van der Waals surface area contributed by atoms with E-state index in [0.29, 0.717) is 13.2 Å². The number of rotatable bonds is 2. The molecule has 90 valence electrons. The van der Waals surface area contributed by atoms with Gasteiger partial charge in [-0.05, 0) is 25.0 Å². The van der Waals surface area contributed by atoms with Gasteiger partial charge in [0.1, 0.15) is 16.7 Å². The lowest BCUT2D eigenvalue weighted by molar-refractivity contribution is -0.108. The smallest absolute Gasteiger partial charge is 0.266 e. The van der Waals surface area contributed by atoms with Gasteiger partial charge in [0.2, 0.25) is 0 Å². The molecule has 7 heteroatoms. The van der Waals surface area contributed by atoms with Crippen LogP contribution in [0.15, 0.2) is 23.2 Å². The highest BCUT2D eigenvalue weighted by atomic mass is 32.2. The van der Waals surface area contributed by atoms with Gasteiger partial charge in [0.05, 0.1) is 6.61 Å². The zero-order valence-corrected chi connectivity index (χ0v) is 9.85. The summed E-state index contributed by atoms with van der Waals surface area (Å²) in [6.45, 7) is 0.755. The molecule has 1 fully saturated rings. The third kappa shape index (κ3) is 2.44. The van der Waals surface area contributed by atoms with Crippen LogP contribution in [-0.2, 0) is 14.9 Å². The fourth-order valence-corrected chi connectivity index (χ4v) is 2.72. The van der Waals surface area contributed by atoms with Crippen LogP contribution >= 0.6 is 0 Å². The zero-order valence-electron chi connectivity index (χ0n) is 9.04. The van der Waals surface area contributed by atoms with E-state index in [1.807, 2.05) is 6.07 Å². The van der Waals surface area contributed by atoms with Crippen molar-refractivity contribution in [3.63, 3.8) is 0 Å². The van der Waals surface area contributed by atoms with Crippen molar-refractivity contribution >= 4 is 10.0 Å². The van der Waals surface area contributed by atoms with Gasteiger partial charge in [-0.25, -0.2) is 13.4 Å². The van der Waals surface area contributed by atoms with Crippen molar-refractivity contribution in [3.05, 3.63) is 24.0 Å². The summed E-state index contributed by atoms with van der Waals surface area (Å²) in [5.74, 6) is 0. The van der Waals surface area contributed by atoms with Gasteiger partial charge in [0.25, 0.3) is 10.0 Å². The molecule has 0 aliphatic carbocycles. The van der Waals surface area contributed by atoms with Crippen molar-refractivity contribution in [3.8, 4) is 6.07 Å². The first-order valence-corrected chi connectivity index (χ1v) is 6.60. The molecule has 1 aliphatic rings. The summed E-state index contributed by atoms with van der Waals surface area (Å²) in [6.07, 6.45) is 2.81. The molecule has 1 saturated heterocycles. The Morgan fingerprint density at radius 1 is 1.41 bits per heavy atom. The minimum absolute atomic E-state index is 0.0402. The number of nitrogens with zero attached hydrogens (tertiary/aromatic N) is 3. The molecule has 0 saturated carbocycles. The van der Waals surface area contributed by atoms with Gasteiger partial charge >= 0.3 is 0 Å². The molecule has 1 aromatic heterocycles. The van der Waals surface area contributed by atoms with E-state index >= 15 is 0 Å². The lowest BCUT2D eigenvalue weighted by atomic mass is 10.3. The van der Waals surface area contributed by atoms with E-state index in [1.54, 1.807) is 0 Å². The molecule has 0 amide bonds. The molecule has 2 heterocycles. The minimum Gasteiger partial charge on any atom is -0.284 e. The van der Waals surface area contributed by atoms with Crippen LogP contribution in [0.4, 0.5) is 0 Å². The molecule has 17 heavy (non-hydrogen) atoms. The molecule has 0 aromatic carbocycles. The van der Waals surface area contributed by atoms with Crippen LogP contribution in [-0.4, -0.2) is 31.0 Å². The topological polar surface area (TPSA) is 83.3 Å². The third-order valence-electron chi connectivity index (χ3n) is 2.39. The van der Waals surface area contributed by atoms with Crippen LogP contribution in [0, 0.1) is 11.3 Å². The first-order valence-electron chi connectivity index (χ1n) is 5.16. The zero-order chi connectivity index (χ0) is 12.3. The average Bonchev–Trinajstić information content (AvgIpc) is 2.40. The van der Waals surface area contributed by atoms with Crippen LogP contribution in [0.2, 0.25) is 0 Å². The number of pyridine rings is 1. The van der Waals surface area contributed by atoms with E-state index in [9.17, 15) is 8.42 Å². The Bertz CT molecular complexity index is 527. The van der Waals surface area contributed by atoms with E-state index in [-0.39, 0.29) is 10.6 Å². The highest BCUT2D eigenvalue weighted by Gasteiger charge is 2.27. The molecule has 6 nitrogen and oxygen atoms in total. The SMILES string of the molecule is N#Cc1ccc(S(=O)(=O)N2CCCCO2)cn1. The van der Waals surface area contributed by atoms with E-state index < -0.39 is 10.0 Å². The second-order valence-corrected chi connectivity index (χ2v) is 5.39. The normalized spacial score (nSPS) is 17.6. The Morgan fingerprint density at radius 3 is 2.76 bits per heavy atom. The molecule has 0 bridgehead atoms. The quantitative estimate of drug-likeness (QED) is 0.773. The third-order valence-corrected chi connectivity index (χ3v) is 4.05. The van der Waals surface area contributed by atoms with Crippen molar-refractivity contribution in [1.29, 1.82) is 5.26 Å². The highest BCUT2D eigenvalue weighted by Crippen LogP contribution is 2.18. The average molecular weight is 253 g/mol. The van der Waals surface area contributed by atoms with Gasteiger partial charge in [-0.1, -0.05) is 4.47 Å². The molecular weight excluding hydrogens is 242 g/mol. The van der Waals surface area contributed by atoms with E-state index in [0.717, 1.165) is 17.3 Å². The van der Waals surface area contributed by atoms with Gasteiger partial charge in [-0.2, -0.15) is 5.26 Å². The van der Waals surface area contributed by atoms with Crippen LogP contribution in [0.25, 0.3) is 0 Å². The number of nitriles is 1. The first kappa shape index (κ1) is 12.0. The Labute approximate surface area is 99.5 Å². The van der Waals surface area contributed by atoms with Gasteiger partial charge < -0.3 is 0 Å². The van der Waals surface area contributed by atoms with Crippen LogP contribution in [0.5, 0.6) is 0 Å². The van der Waals surface area contributed by atoms with Gasteiger partial charge in [-0.15, -0.1) is 0 Å². The van der Waals surface area contributed by atoms with Crippen LogP contribution < -0.4 is 0 Å². The lowest BCUT2D eigenvalue weighted by Gasteiger charge is -2.24. The van der Waals surface area contributed by atoms with Crippen LogP contribution in [0.3, 0.4) is 0 Å². The Morgan fingerprint density at radius 2 is 2.24 bits per heavy atom. The van der Waals surface area contributed by atoms with Crippen molar-refractivity contribution in [2.45, 2.75) is 17.7 Å². The molecule has 0 radical (unpaired) electrons. The second kappa shape index (κ2) is 4.79. The molecule has 2 rings (SSSR count). The van der Waals surface area contributed by atoms with Crippen molar-refractivity contribution in [2.24, 2.45) is 0 Å².